The van der Waals surface area contributed by atoms with Crippen LogP contribution in [0.1, 0.15) is 22.3 Å². The number of rotatable bonds is 5. The molecule has 0 amide bonds. The standard InChI is InChI=1S/C18H21FO/c1-13-6-14(2)8-16(7-13)10-17(12-20)9-15-4-3-5-18(19)11-15/h3-8,11,17,20H,9-10,12H2,1-2H3. The van der Waals surface area contributed by atoms with Gasteiger partial charge in [-0.2, -0.15) is 0 Å². The molecule has 0 aliphatic heterocycles. The zero-order chi connectivity index (χ0) is 14.5. The molecule has 20 heavy (non-hydrogen) atoms. The van der Waals surface area contributed by atoms with Gasteiger partial charge in [-0.1, -0.05) is 41.5 Å². The zero-order valence-electron chi connectivity index (χ0n) is 12.1. The van der Waals surface area contributed by atoms with Gasteiger partial charge in [-0.25, -0.2) is 4.39 Å². The van der Waals surface area contributed by atoms with Gasteiger partial charge in [0.25, 0.3) is 0 Å². The van der Waals surface area contributed by atoms with Gasteiger partial charge in [-0.3, -0.25) is 0 Å². The number of halogens is 1. The van der Waals surface area contributed by atoms with E-state index < -0.39 is 0 Å². The van der Waals surface area contributed by atoms with Crippen LogP contribution in [0.2, 0.25) is 0 Å². The molecule has 0 saturated carbocycles. The summed E-state index contributed by atoms with van der Waals surface area (Å²) >= 11 is 0. The lowest BCUT2D eigenvalue weighted by Gasteiger charge is -2.15. The first kappa shape index (κ1) is 14.7. The summed E-state index contributed by atoms with van der Waals surface area (Å²) in [5.41, 5.74) is 4.65. The summed E-state index contributed by atoms with van der Waals surface area (Å²) in [5, 5.41) is 9.56. The van der Waals surface area contributed by atoms with Gasteiger partial charge < -0.3 is 5.11 Å². The third-order valence-corrected chi connectivity index (χ3v) is 3.48. The van der Waals surface area contributed by atoms with Crippen LogP contribution in [0.3, 0.4) is 0 Å². The molecule has 0 aromatic heterocycles. The first-order valence-electron chi connectivity index (χ1n) is 6.99. The molecule has 1 nitrogen and oxygen atoms in total. The molecular weight excluding hydrogens is 251 g/mol. The van der Waals surface area contributed by atoms with Gasteiger partial charge in [0.05, 0.1) is 0 Å². The van der Waals surface area contributed by atoms with Crippen molar-refractivity contribution >= 4 is 0 Å². The molecule has 0 saturated heterocycles. The van der Waals surface area contributed by atoms with E-state index in [1.165, 1.54) is 22.8 Å². The highest BCUT2D eigenvalue weighted by molar-refractivity contribution is 5.29. The lowest BCUT2D eigenvalue weighted by Crippen LogP contribution is -2.13. The average molecular weight is 272 g/mol. The maximum atomic E-state index is 13.2. The number of hydrogen-bond acceptors (Lipinski definition) is 1. The van der Waals surface area contributed by atoms with Crippen molar-refractivity contribution in [1.82, 2.24) is 0 Å². The fourth-order valence-electron chi connectivity index (χ4n) is 2.72. The van der Waals surface area contributed by atoms with Crippen LogP contribution in [-0.2, 0) is 12.8 Å². The van der Waals surface area contributed by atoms with Crippen molar-refractivity contribution in [1.29, 1.82) is 0 Å². The Labute approximate surface area is 120 Å². The molecule has 0 aliphatic carbocycles. The van der Waals surface area contributed by atoms with Gasteiger partial charge in [0, 0.05) is 6.61 Å². The van der Waals surface area contributed by atoms with Crippen molar-refractivity contribution in [2.75, 3.05) is 6.61 Å². The van der Waals surface area contributed by atoms with Gasteiger partial charge in [-0.05, 0) is 55.9 Å². The van der Waals surface area contributed by atoms with E-state index in [1.807, 2.05) is 6.07 Å². The van der Waals surface area contributed by atoms with E-state index in [4.69, 9.17) is 0 Å². The van der Waals surface area contributed by atoms with E-state index in [0.717, 1.165) is 12.0 Å². The number of aryl methyl sites for hydroxylation is 2. The Bertz CT molecular complexity index is 557. The van der Waals surface area contributed by atoms with Gasteiger partial charge in [-0.15, -0.1) is 0 Å². The summed E-state index contributed by atoms with van der Waals surface area (Å²) < 4.78 is 13.2. The summed E-state index contributed by atoms with van der Waals surface area (Å²) in [7, 11) is 0. The fourth-order valence-corrected chi connectivity index (χ4v) is 2.72. The molecule has 2 aromatic rings. The van der Waals surface area contributed by atoms with Crippen LogP contribution in [-0.4, -0.2) is 11.7 Å². The highest BCUT2D eigenvalue weighted by Crippen LogP contribution is 2.17. The van der Waals surface area contributed by atoms with Gasteiger partial charge in [0.15, 0.2) is 0 Å². The second-order valence-corrected chi connectivity index (χ2v) is 5.58. The Morgan fingerprint density at radius 2 is 1.60 bits per heavy atom. The van der Waals surface area contributed by atoms with Gasteiger partial charge in [0.1, 0.15) is 5.82 Å². The lowest BCUT2D eigenvalue weighted by atomic mass is 9.92. The zero-order valence-corrected chi connectivity index (χ0v) is 12.1. The fraction of sp³-hybridized carbons (Fsp3) is 0.333. The minimum atomic E-state index is -0.217. The Balaban J connectivity index is 2.09. The first-order chi connectivity index (χ1) is 9.56. The van der Waals surface area contributed by atoms with E-state index >= 15 is 0 Å². The monoisotopic (exact) mass is 272 g/mol. The number of hydrogen-bond donors (Lipinski definition) is 1. The normalized spacial score (nSPS) is 12.4. The molecule has 0 aliphatic rings. The minimum absolute atomic E-state index is 0.115. The largest absolute Gasteiger partial charge is 0.396 e. The Kier molecular flexibility index (Phi) is 4.91. The summed E-state index contributed by atoms with van der Waals surface area (Å²) in [6.07, 6.45) is 1.51. The molecule has 1 unspecified atom stereocenters. The van der Waals surface area contributed by atoms with E-state index in [-0.39, 0.29) is 18.3 Å². The van der Waals surface area contributed by atoms with E-state index in [1.54, 1.807) is 12.1 Å². The van der Waals surface area contributed by atoms with Crippen LogP contribution in [0.5, 0.6) is 0 Å². The molecule has 1 N–H and O–H groups in total. The van der Waals surface area contributed by atoms with E-state index in [9.17, 15) is 9.50 Å². The molecule has 0 spiro atoms. The number of benzene rings is 2. The Morgan fingerprint density at radius 3 is 2.20 bits per heavy atom. The number of aliphatic hydroxyl groups is 1. The van der Waals surface area contributed by atoms with Crippen molar-refractivity contribution in [2.24, 2.45) is 5.92 Å². The minimum Gasteiger partial charge on any atom is -0.396 e. The van der Waals surface area contributed by atoms with Crippen LogP contribution >= 0.6 is 0 Å². The first-order valence-corrected chi connectivity index (χ1v) is 6.99. The topological polar surface area (TPSA) is 20.2 Å². The third kappa shape index (κ3) is 4.17. The average Bonchev–Trinajstić information content (AvgIpc) is 2.36. The SMILES string of the molecule is Cc1cc(C)cc(CC(CO)Cc2cccc(F)c2)c1. The molecule has 0 bridgehead atoms. The van der Waals surface area contributed by atoms with Crippen LogP contribution in [0.15, 0.2) is 42.5 Å². The van der Waals surface area contributed by atoms with Crippen LogP contribution in [0.25, 0.3) is 0 Å². The van der Waals surface area contributed by atoms with Crippen molar-refractivity contribution in [3.8, 4) is 0 Å². The predicted octanol–water partition coefficient (Wildman–Crippen LogP) is 3.84. The van der Waals surface area contributed by atoms with Crippen LogP contribution in [0.4, 0.5) is 4.39 Å². The molecule has 2 aromatic carbocycles. The van der Waals surface area contributed by atoms with Gasteiger partial charge >= 0.3 is 0 Å². The van der Waals surface area contributed by atoms with Crippen molar-refractivity contribution < 1.29 is 9.50 Å². The highest BCUT2D eigenvalue weighted by Gasteiger charge is 2.11. The highest BCUT2D eigenvalue weighted by atomic mass is 19.1. The maximum absolute atomic E-state index is 13.2. The third-order valence-electron chi connectivity index (χ3n) is 3.48. The second kappa shape index (κ2) is 6.67. The summed E-state index contributed by atoms with van der Waals surface area (Å²) in [6.45, 7) is 4.28. The molecular formula is C18H21FO. The van der Waals surface area contributed by atoms with Crippen LogP contribution in [0, 0.1) is 25.6 Å². The van der Waals surface area contributed by atoms with Crippen LogP contribution < -0.4 is 0 Å². The van der Waals surface area contributed by atoms with Crippen molar-refractivity contribution in [3.05, 3.63) is 70.5 Å². The van der Waals surface area contributed by atoms with E-state index in [0.29, 0.717) is 6.42 Å². The van der Waals surface area contributed by atoms with Crippen molar-refractivity contribution in [3.63, 3.8) is 0 Å². The maximum Gasteiger partial charge on any atom is 0.123 e. The molecule has 0 heterocycles. The predicted molar refractivity (Wildman–Crippen MR) is 80.3 cm³/mol. The van der Waals surface area contributed by atoms with Gasteiger partial charge in [0.2, 0.25) is 0 Å². The molecule has 2 heteroatoms. The van der Waals surface area contributed by atoms with E-state index in [2.05, 4.69) is 32.0 Å². The second-order valence-electron chi connectivity index (χ2n) is 5.58. The summed E-state index contributed by atoms with van der Waals surface area (Å²) in [4.78, 5) is 0. The quantitative estimate of drug-likeness (QED) is 0.877. The Hall–Kier alpha value is -1.67. The molecule has 0 fully saturated rings. The molecule has 106 valence electrons. The number of aliphatic hydroxyl groups excluding tert-OH is 1. The lowest BCUT2D eigenvalue weighted by molar-refractivity contribution is 0.225. The molecule has 0 radical (unpaired) electrons. The smallest absolute Gasteiger partial charge is 0.123 e. The molecule has 2 rings (SSSR count). The molecule has 1 atom stereocenters. The Morgan fingerprint density at radius 1 is 0.950 bits per heavy atom. The summed E-state index contributed by atoms with van der Waals surface area (Å²) in [6, 6.07) is 13.1. The summed E-state index contributed by atoms with van der Waals surface area (Å²) in [5.74, 6) is -0.0939. The van der Waals surface area contributed by atoms with Crippen molar-refractivity contribution in [2.45, 2.75) is 26.7 Å².